The molecular formula is C15H29N3O3. The van der Waals surface area contributed by atoms with Gasteiger partial charge < -0.3 is 20.1 Å². The number of hydrogen-bond donors (Lipinski definition) is 2. The van der Waals surface area contributed by atoms with Gasteiger partial charge in [0.05, 0.1) is 18.8 Å². The largest absolute Gasteiger partial charge is 0.373 e. The zero-order valence-corrected chi connectivity index (χ0v) is 13.6. The first-order valence-electron chi connectivity index (χ1n) is 7.89. The Morgan fingerprint density at radius 3 is 2.57 bits per heavy atom. The Morgan fingerprint density at radius 1 is 1.33 bits per heavy atom. The second kappa shape index (κ2) is 7.05. The first kappa shape index (κ1) is 16.7. The summed E-state index contributed by atoms with van der Waals surface area (Å²) in [6.07, 6.45) is 0.0984. The molecule has 2 N–H and O–H groups in total. The molecule has 122 valence electrons. The van der Waals surface area contributed by atoms with Crippen LogP contribution in [0.15, 0.2) is 0 Å². The van der Waals surface area contributed by atoms with Gasteiger partial charge in [0, 0.05) is 38.3 Å². The van der Waals surface area contributed by atoms with Crippen LogP contribution in [0.3, 0.4) is 0 Å². The van der Waals surface area contributed by atoms with Crippen LogP contribution in [0.25, 0.3) is 0 Å². The number of hydrogen-bond acceptors (Lipinski definition) is 5. The molecule has 0 saturated carbocycles. The molecule has 2 heterocycles. The van der Waals surface area contributed by atoms with Crippen molar-refractivity contribution in [1.29, 1.82) is 0 Å². The van der Waals surface area contributed by atoms with Crippen LogP contribution in [0, 0.1) is 0 Å². The summed E-state index contributed by atoms with van der Waals surface area (Å²) >= 11 is 0. The van der Waals surface area contributed by atoms with E-state index in [-0.39, 0.29) is 29.8 Å². The van der Waals surface area contributed by atoms with Gasteiger partial charge in [-0.1, -0.05) is 0 Å². The zero-order chi connectivity index (χ0) is 15.5. The second-order valence-corrected chi connectivity index (χ2v) is 6.76. The first-order valence-corrected chi connectivity index (χ1v) is 7.89. The Balaban J connectivity index is 1.83. The van der Waals surface area contributed by atoms with E-state index in [0.29, 0.717) is 19.7 Å². The van der Waals surface area contributed by atoms with Crippen LogP contribution < -0.4 is 10.6 Å². The zero-order valence-electron chi connectivity index (χ0n) is 13.6. The van der Waals surface area contributed by atoms with Crippen molar-refractivity contribution >= 4 is 5.91 Å². The number of carbonyl (C=O) groups excluding carboxylic acids is 1. The second-order valence-electron chi connectivity index (χ2n) is 6.76. The highest BCUT2D eigenvalue weighted by molar-refractivity contribution is 5.81. The van der Waals surface area contributed by atoms with Crippen LogP contribution in [-0.4, -0.2) is 74.0 Å². The number of carbonyl (C=O) groups is 1. The molecule has 3 unspecified atom stereocenters. The third-order valence-corrected chi connectivity index (χ3v) is 4.19. The average Bonchev–Trinajstić information content (AvgIpc) is 2.45. The molecule has 0 aliphatic carbocycles. The highest BCUT2D eigenvalue weighted by atomic mass is 16.5. The smallest absolute Gasteiger partial charge is 0.250 e. The van der Waals surface area contributed by atoms with Gasteiger partial charge in [-0.25, -0.2) is 0 Å². The number of rotatable bonds is 4. The summed E-state index contributed by atoms with van der Waals surface area (Å²) in [5.41, 5.74) is -0.0932. The average molecular weight is 299 g/mol. The molecule has 0 radical (unpaired) electrons. The summed E-state index contributed by atoms with van der Waals surface area (Å²) < 4.78 is 11.3. The molecule has 2 rings (SSSR count). The van der Waals surface area contributed by atoms with Gasteiger partial charge in [-0.15, -0.1) is 0 Å². The molecule has 21 heavy (non-hydrogen) atoms. The van der Waals surface area contributed by atoms with E-state index >= 15 is 0 Å². The van der Waals surface area contributed by atoms with E-state index < -0.39 is 0 Å². The van der Waals surface area contributed by atoms with E-state index in [1.165, 1.54) is 0 Å². The first-order chi connectivity index (χ1) is 9.88. The minimum atomic E-state index is -0.364. The van der Waals surface area contributed by atoms with Gasteiger partial charge in [-0.05, 0) is 27.7 Å². The summed E-state index contributed by atoms with van der Waals surface area (Å²) in [5, 5.41) is 6.21. The Morgan fingerprint density at radius 2 is 2.00 bits per heavy atom. The van der Waals surface area contributed by atoms with Crippen LogP contribution in [0.5, 0.6) is 0 Å². The van der Waals surface area contributed by atoms with Crippen LogP contribution in [0.1, 0.15) is 27.7 Å². The van der Waals surface area contributed by atoms with E-state index in [4.69, 9.17) is 9.47 Å². The Labute approximate surface area is 127 Å². The highest BCUT2D eigenvalue weighted by Gasteiger charge is 2.34. The van der Waals surface area contributed by atoms with Crippen LogP contribution in [0.2, 0.25) is 0 Å². The maximum absolute atomic E-state index is 12.1. The SMILES string of the molecule is CC1CN(C(C)(C)CNC(=O)C2CNCCO2)CC(C)O1. The fourth-order valence-electron chi connectivity index (χ4n) is 2.94. The normalized spacial score (nSPS) is 31.9. The minimum Gasteiger partial charge on any atom is -0.373 e. The lowest BCUT2D eigenvalue weighted by Gasteiger charge is -2.45. The standard InChI is InChI=1S/C15H29N3O3/c1-11-8-18(9-12(2)21-11)15(3,4)10-17-14(19)13-7-16-5-6-20-13/h11-13,16H,5-10H2,1-4H3,(H,17,19). The van der Waals surface area contributed by atoms with Gasteiger partial charge in [0.15, 0.2) is 0 Å². The fraction of sp³-hybridized carbons (Fsp3) is 0.933. The molecule has 1 amide bonds. The topological polar surface area (TPSA) is 62.8 Å². The fourth-order valence-corrected chi connectivity index (χ4v) is 2.94. The van der Waals surface area contributed by atoms with Gasteiger partial charge >= 0.3 is 0 Å². The quantitative estimate of drug-likeness (QED) is 0.764. The molecule has 2 fully saturated rings. The lowest BCUT2D eigenvalue weighted by Crippen LogP contribution is -2.59. The molecular weight excluding hydrogens is 270 g/mol. The molecule has 2 aliphatic heterocycles. The van der Waals surface area contributed by atoms with Gasteiger partial charge in [0.25, 0.3) is 5.91 Å². The van der Waals surface area contributed by atoms with Crippen molar-refractivity contribution in [2.75, 3.05) is 39.3 Å². The lowest BCUT2D eigenvalue weighted by atomic mass is 10.00. The van der Waals surface area contributed by atoms with Crippen LogP contribution >= 0.6 is 0 Å². The van der Waals surface area contributed by atoms with E-state index in [0.717, 1.165) is 19.6 Å². The molecule has 2 saturated heterocycles. The molecule has 0 spiro atoms. The van der Waals surface area contributed by atoms with Crippen molar-refractivity contribution in [3.63, 3.8) is 0 Å². The number of nitrogens with one attached hydrogen (secondary N) is 2. The maximum atomic E-state index is 12.1. The van der Waals surface area contributed by atoms with E-state index in [2.05, 4.69) is 43.2 Å². The van der Waals surface area contributed by atoms with Gasteiger partial charge in [-0.2, -0.15) is 0 Å². The number of morpholine rings is 2. The van der Waals surface area contributed by atoms with Crippen molar-refractivity contribution < 1.29 is 14.3 Å². The van der Waals surface area contributed by atoms with Crippen molar-refractivity contribution in [1.82, 2.24) is 15.5 Å². The van der Waals surface area contributed by atoms with Crippen LogP contribution in [0.4, 0.5) is 0 Å². The van der Waals surface area contributed by atoms with Gasteiger partial charge in [-0.3, -0.25) is 9.69 Å². The number of amides is 1. The molecule has 6 nitrogen and oxygen atoms in total. The minimum absolute atomic E-state index is 0.0235. The Kier molecular flexibility index (Phi) is 5.60. The Bertz CT molecular complexity index is 346. The van der Waals surface area contributed by atoms with Crippen molar-refractivity contribution in [2.45, 2.75) is 51.5 Å². The lowest BCUT2D eigenvalue weighted by molar-refractivity contribution is -0.135. The van der Waals surface area contributed by atoms with Crippen LogP contribution in [-0.2, 0) is 14.3 Å². The number of nitrogens with zero attached hydrogens (tertiary/aromatic N) is 1. The van der Waals surface area contributed by atoms with Gasteiger partial charge in [0.1, 0.15) is 6.10 Å². The van der Waals surface area contributed by atoms with Crippen molar-refractivity contribution in [3.8, 4) is 0 Å². The highest BCUT2D eigenvalue weighted by Crippen LogP contribution is 2.20. The summed E-state index contributed by atoms with van der Waals surface area (Å²) in [4.78, 5) is 14.5. The summed E-state index contributed by atoms with van der Waals surface area (Å²) in [7, 11) is 0. The van der Waals surface area contributed by atoms with E-state index in [1.54, 1.807) is 0 Å². The van der Waals surface area contributed by atoms with Crippen molar-refractivity contribution in [2.24, 2.45) is 0 Å². The predicted octanol–water partition coefficient (Wildman–Crippen LogP) is -0.0212. The third kappa shape index (κ3) is 4.64. The predicted molar refractivity (Wildman–Crippen MR) is 81.3 cm³/mol. The molecule has 2 aliphatic rings. The van der Waals surface area contributed by atoms with Gasteiger partial charge in [0.2, 0.25) is 0 Å². The summed E-state index contributed by atoms with van der Waals surface area (Å²) in [5.74, 6) is -0.0235. The molecule has 6 heteroatoms. The molecule has 3 atom stereocenters. The molecule has 0 bridgehead atoms. The maximum Gasteiger partial charge on any atom is 0.250 e. The molecule has 0 aromatic heterocycles. The monoisotopic (exact) mass is 299 g/mol. The summed E-state index contributed by atoms with van der Waals surface area (Å²) in [6.45, 7) is 12.9. The van der Waals surface area contributed by atoms with E-state index in [1.807, 2.05) is 0 Å². The molecule has 0 aromatic rings. The summed E-state index contributed by atoms with van der Waals surface area (Å²) in [6, 6.07) is 0. The van der Waals surface area contributed by atoms with Crippen molar-refractivity contribution in [3.05, 3.63) is 0 Å². The third-order valence-electron chi connectivity index (χ3n) is 4.19. The Hall–Kier alpha value is -0.690. The van der Waals surface area contributed by atoms with E-state index in [9.17, 15) is 4.79 Å². The molecule has 0 aromatic carbocycles. The number of ether oxygens (including phenoxy) is 2.